The minimum Gasteiger partial charge on any atom is -0.488 e. The summed E-state index contributed by atoms with van der Waals surface area (Å²) in [6.45, 7) is 5.55. The van der Waals surface area contributed by atoms with Gasteiger partial charge < -0.3 is 24.2 Å². The van der Waals surface area contributed by atoms with Gasteiger partial charge in [-0.3, -0.25) is 4.98 Å². The maximum Gasteiger partial charge on any atom is 0.225 e. The molecule has 1 aromatic carbocycles. The predicted octanol–water partition coefficient (Wildman–Crippen LogP) is 3.89. The summed E-state index contributed by atoms with van der Waals surface area (Å²) >= 11 is 0. The highest BCUT2D eigenvalue weighted by atomic mass is 16.5. The molecule has 0 N–H and O–H groups in total. The molecule has 2 aliphatic heterocycles. The van der Waals surface area contributed by atoms with E-state index in [2.05, 4.69) is 63.3 Å². The zero-order valence-corrected chi connectivity index (χ0v) is 22.6. The Labute approximate surface area is 225 Å². The molecule has 3 fully saturated rings. The van der Waals surface area contributed by atoms with Gasteiger partial charge in [0.2, 0.25) is 5.95 Å². The van der Waals surface area contributed by atoms with Crippen molar-refractivity contribution in [3.8, 4) is 5.75 Å². The van der Waals surface area contributed by atoms with Crippen LogP contribution in [-0.4, -0.2) is 90.5 Å². The Morgan fingerprint density at radius 3 is 2.32 bits per heavy atom. The highest BCUT2D eigenvalue weighted by Crippen LogP contribution is 2.34. The van der Waals surface area contributed by atoms with Gasteiger partial charge in [-0.05, 0) is 76.2 Å². The van der Waals surface area contributed by atoms with Crippen LogP contribution in [0.2, 0.25) is 0 Å². The number of rotatable bonds is 6. The van der Waals surface area contributed by atoms with Crippen molar-refractivity contribution < 1.29 is 9.47 Å². The molecule has 0 spiro atoms. The molecule has 6 rings (SSSR count). The Morgan fingerprint density at radius 1 is 0.868 bits per heavy atom. The highest BCUT2D eigenvalue weighted by molar-refractivity contribution is 5.85. The van der Waals surface area contributed by atoms with E-state index in [9.17, 15) is 0 Å². The number of likely N-dealkylation sites (tertiary alicyclic amines) is 1. The van der Waals surface area contributed by atoms with E-state index in [-0.39, 0.29) is 6.10 Å². The van der Waals surface area contributed by atoms with Crippen LogP contribution in [0, 0.1) is 0 Å². The molecule has 0 atom stereocenters. The van der Waals surface area contributed by atoms with E-state index < -0.39 is 0 Å². The van der Waals surface area contributed by atoms with Crippen molar-refractivity contribution >= 4 is 22.7 Å². The first-order chi connectivity index (χ1) is 18.6. The van der Waals surface area contributed by atoms with Gasteiger partial charge in [0.1, 0.15) is 11.3 Å². The summed E-state index contributed by atoms with van der Waals surface area (Å²) in [5.41, 5.74) is 4.12. The van der Waals surface area contributed by atoms with Crippen LogP contribution in [0.25, 0.3) is 11.0 Å². The molecule has 0 unspecified atom stereocenters. The minimum atomic E-state index is 0.164. The van der Waals surface area contributed by atoms with E-state index in [0.29, 0.717) is 12.0 Å². The molecule has 2 saturated heterocycles. The molecule has 1 aliphatic carbocycles. The molecular weight excluding hydrogens is 478 g/mol. The molecule has 202 valence electrons. The lowest BCUT2D eigenvalue weighted by atomic mass is 9.91. The Kier molecular flexibility index (Phi) is 7.56. The monoisotopic (exact) mass is 517 g/mol. The third-order valence-corrected chi connectivity index (χ3v) is 8.55. The molecule has 4 heterocycles. The SMILES string of the molecule is CN1CCC(c2cnc(N(C)C3CCC(Oc4cc(N5CCOCC5)cc5nccnc45)CC3)nc2)CC1. The lowest BCUT2D eigenvalue weighted by Gasteiger charge is -2.35. The van der Waals surface area contributed by atoms with Gasteiger partial charge in [0.15, 0.2) is 0 Å². The number of aromatic nitrogens is 4. The lowest BCUT2D eigenvalue weighted by molar-refractivity contribution is 0.122. The predicted molar refractivity (Wildman–Crippen MR) is 149 cm³/mol. The van der Waals surface area contributed by atoms with Crippen LogP contribution in [0.15, 0.2) is 36.9 Å². The molecule has 38 heavy (non-hydrogen) atoms. The molecule has 0 amide bonds. The second-order valence-corrected chi connectivity index (χ2v) is 11.0. The zero-order chi connectivity index (χ0) is 25.9. The zero-order valence-electron chi connectivity index (χ0n) is 22.6. The van der Waals surface area contributed by atoms with Crippen LogP contribution in [-0.2, 0) is 4.74 Å². The molecule has 9 nitrogen and oxygen atoms in total. The van der Waals surface area contributed by atoms with Gasteiger partial charge >= 0.3 is 0 Å². The van der Waals surface area contributed by atoms with Crippen LogP contribution >= 0.6 is 0 Å². The second-order valence-electron chi connectivity index (χ2n) is 11.0. The van der Waals surface area contributed by atoms with E-state index >= 15 is 0 Å². The van der Waals surface area contributed by atoms with E-state index in [0.717, 1.165) is 93.5 Å². The topological polar surface area (TPSA) is 79.7 Å². The number of hydrogen-bond acceptors (Lipinski definition) is 9. The maximum atomic E-state index is 6.61. The smallest absolute Gasteiger partial charge is 0.225 e. The van der Waals surface area contributed by atoms with E-state index in [1.807, 2.05) is 0 Å². The normalized spacial score (nSPS) is 23.5. The highest BCUT2D eigenvalue weighted by Gasteiger charge is 2.28. The van der Waals surface area contributed by atoms with Crippen molar-refractivity contribution in [1.82, 2.24) is 24.8 Å². The number of fused-ring (bicyclic) bond motifs is 1. The minimum absolute atomic E-state index is 0.164. The van der Waals surface area contributed by atoms with Crippen molar-refractivity contribution in [3.63, 3.8) is 0 Å². The average Bonchev–Trinajstić information content (AvgIpc) is 2.98. The number of anilines is 2. The van der Waals surface area contributed by atoms with Crippen molar-refractivity contribution in [3.05, 3.63) is 42.5 Å². The second kappa shape index (κ2) is 11.4. The fraction of sp³-hybridized carbons (Fsp3) is 0.586. The van der Waals surface area contributed by atoms with E-state index in [4.69, 9.17) is 19.4 Å². The number of morpholine rings is 1. The van der Waals surface area contributed by atoms with Crippen LogP contribution in [0.3, 0.4) is 0 Å². The summed E-state index contributed by atoms with van der Waals surface area (Å²) in [5, 5.41) is 0. The van der Waals surface area contributed by atoms with E-state index in [1.54, 1.807) is 12.4 Å². The Hall–Kier alpha value is -3.04. The Bertz CT molecular complexity index is 1200. The Morgan fingerprint density at radius 2 is 1.58 bits per heavy atom. The van der Waals surface area contributed by atoms with Gasteiger partial charge in [-0.15, -0.1) is 0 Å². The fourth-order valence-electron chi connectivity index (χ4n) is 6.08. The summed E-state index contributed by atoms with van der Waals surface area (Å²) in [6.07, 6.45) is 14.2. The summed E-state index contributed by atoms with van der Waals surface area (Å²) in [7, 11) is 4.33. The molecule has 0 radical (unpaired) electrons. The molecule has 9 heteroatoms. The van der Waals surface area contributed by atoms with Crippen LogP contribution < -0.4 is 14.5 Å². The first-order valence-electron chi connectivity index (χ1n) is 14.1. The average molecular weight is 518 g/mol. The maximum absolute atomic E-state index is 6.61. The standard InChI is InChI=1S/C29H39N7O2/c1-34-11-7-21(8-12-34)22-19-32-29(33-20-22)35(2)23-3-5-25(6-4-23)38-27-18-24(36-13-15-37-16-14-36)17-26-28(27)31-10-9-30-26/h9-10,17-21,23,25H,3-8,11-16H2,1-2H3. The van der Waals surface area contributed by atoms with Gasteiger partial charge in [-0.1, -0.05) is 0 Å². The molecule has 3 aliphatic rings. The number of hydrogen-bond donors (Lipinski definition) is 0. The third-order valence-electron chi connectivity index (χ3n) is 8.55. The molecule has 3 aromatic rings. The summed E-state index contributed by atoms with van der Waals surface area (Å²) in [4.78, 5) is 25.7. The van der Waals surface area contributed by atoms with E-state index in [1.165, 1.54) is 18.4 Å². The van der Waals surface area contributed by atoms with Crippen LogP contribution in [0.5, 0.6) is 5.75 Å². The molecular formula is C29H39N7O2. The summed E-state index contributed by atoms with van der Waals surface area (Å²) < 4.78 is 12.2. The lowest BCUT2D eigenvalue weighted by Crippen LogP contribution is -2.38. The van der Waals surface area contributed by atoms with Crippen molar-refractivity contribution in [1.29, 1.82) is 0 Å². The van der Waals surface area contributed by atoms with Gasteiger partial charge in [0, 0.05) is 62.7 Å². The van der Waals surface area contributed by atoms with Gasteiger partial charge in [0.25, 0.3) is 0 Å². The van der Waals surface area contributed by atoms with Gasteiger partial charge in [-0.2, -0.15) is 0 Å². The van der Waals surface area contributed by atoms with Crippen LogP contribution in [0.1, 0.15) is 50.0 Å². The summed E-state index contributed by atoms with van der Waals surface area (Å²) in [5.74, 6) is 2.24. The Balaban J connectivity index is 1.08. The van der Waals surface area contributed by atoms with Crippen molar-refractivity contribution in [2.24, 2.45) is 0 Å². The quantitative estimate of drug-likeness (QED) is 0.484. The van der Waals surface area contributed by atoms with Gasteiger partial charge in [-0.25, -0.2) is 15.0 Å². The van der Waals surface area contributed by atoms with Gasteiger partial charge in [0.05, 0.1) is 24.8 Å². The third kappa shape index (κ3) is 5.54. The molecule has 1 saturated carbocycles. The number of benzene rings is 1. The summed E-state index contributed by atoms with van der Waals surface area (Å²) in [6, 6.07) is 4.67. The van der Waals surface area contributed by atoms with Crippen molar-refractivity contribution in [2.75, 3.05) is 63.3 Å². The van der Waals surface area contributed by atoms with Crippen LogP contribution in [0.4, 0.5) is 11.6 Å². The number of piperidine rings is 1. The first-order valence-corrected chi connectivity index (χ1v) is 14.1. The largest absolute Gasteiger partial charge is 0.488 e. The fourth-order valence-corrected chi connectivity index (χ4v) is 6.08. The molecule has 0 bridgehead atoms. The number of nitrogens with zero attached hydrogens (tertiary/aromatic N) is 7. The molecule has 2 aromatic heterocycles. The first kappa shape index (κ1) is 25.2. The van der Waals surface area contributed by atoms with Crippen molar-refractivity contribution in [2.45, 2.75) is 56.6 Å². The number of ether oxygens (including phenoxy) is 2.